The fraction of sp³-hybridized carbons (Fsp3) is 0.581. The van der Waals surface area contributed by atoms with Crippen LogP contribution >= 0.6 is 11.8 Å². The van der Waals surface area contributed by atoms with Gasteiger partial charge < -0.3 is 19.8 Å². The van der Waals surface area contributed by atoms with Crippen molar-refractivity contribution in [3.63, 3.8) is 0 Å². The summed E-state index contributed by atoms with van der Waals surface area (Å²) in [5.74, 6) is -1.32. The number of benzene rings is 1. The molecule has 0 aromatic heterocycles. The monoisotopic (exact) mass is 553 g/mol. The van der Waals surface area contributed by atoms with E-state index in [4.69, 9.17) is 0 Å². The molecule has 8 heteroatoms. The summed E-state index contributed by atoms with van der Waals surface area (Å²) >= 11 is 1.68. The Labute approximate surface area is 237 Å². The third-order valence-corrected chi connectivity index (χ3v) is 10.8. The van der Waals surface area contributed by atoms with Crippen molar-refractivity contribution in [1.82, 2.24) is 14.7 Å². The van der Waals surface area contributed by atoms with Gasteiger partial charge in [0.15, 0.2) is 0 Å². The van der Waals surface area contributed by atoms with E-state index >= 15 is 0 Å². The maximum absolute atomic E-state index is 14.3. The number of carbonyl (C=O) groups is 3. The molecule has 3 heterocycles. The van der Waals surface area contributed by atoms with E-state index in [1.165, 1.54) is 0 Å². The molecule has 212 valence electrons. The van der Waals surface area contributed by atoms with Crippen molar-refractivity contribution >= 4 is 29.5 Å². The van der Waals surface area contributed by atoms with Crippen molar-refractivity contribution in [2.75, 3.05) is 32.8 Å². The number of unbranched alkanes of at least 4 members (excludes halogenated alkanes) is 2. The highest BCUT2D eigenvalue weighted by atomic mass is 32.2. The van der Waals surface area contributed by atoms with E-state index in [1.807, 2.05) is 35.2 Å². The summed E-state index contributed by atoms with van der Waals surface area (Å²) in [7, 11) is 0. The summed E-state index contributed by atoms with van der Waals surface area (Å²) in [6.07, 6.45) is 7.19. The van der Waals surface area contributed by atoms with Crippen molar-refractivity contribution < 1.29 is 19.5 Å². The average molecular weight is 554 g/mol. The first-order valence-corrected chi connectivity index (χ1v) is 15.2. The van der Waals surface area contributed by atoms with Gasteiger partial charge in [0.05, 0.1) is 23.2 Å². The summed E-state index contributed by atoms with van der Waals surface area (Å²) in [6.45, 7) is 13.7. The Hall–Kier alpha value is -2.58. The largest absolute Gasteiger partial charge is 0.395 e. The number of aliphatic hydroxyl groups is 1. The molecule has 0 saturated carbocycles. The zero-order valence-corrected chi connectivity index (χ0v) is 24.2. The Morgan fingerprint density at radius 3 is 2.46 bits per heavy atom. The summed E-state index contributed by atoms with van der Waals surface area (Å²) in [5, 5.41) is 9.90. The zero-order chi connectivity index (χ0) is 28.2. The molecule has 1 spiro atoms. The number of fused-ring (bicyclic) bond motifs is 1. The van der Waals surface area contributed by atoms with Crippen molar-refractivity contribution in [3.05, 3.63) is 61.2 Å². The van der Waals surface area contributed by atoms with Crippen LogP contribution in [0.15, 0.2) is 55.6 Å². The number of nitrogens with zero attached hydrogens (tertiary/aromatic N) is 3. The van der Waals surface area contributed by atoms with E-state index in [9.17, 15) is 19.5 Å². The SMILES string of the molecule is C=CCN(CCCCC)C(=O)C1N(CCO)C(=O)[C@@H]2[C@@H](C(=O)N(CC=C)Cc3ccccc3)[C@H]3CC(C)C12S3. The van der Waals surface area contributed by atoms with Crippen LogP contribution in [-0.4, -0.2) is 86.4 Å². The second kappa shape index (κ2) is 12.7. The third kappa shape index (κ3) is 5.30. The Bertz CT molecular complexity index is 1070. The highest BCUT2D eigenvalue weighted by Gasteiger charge is 2.76. The van der Waals surface area contributed by atoms with Crippen LogP contribution < -0.4 is 0 Å². The predicted octanol–water partition coefficient (Wildman–Crippen LogP) is 3.74. The molecule has 0 aliphatic carbocycles. The molecule has 3 saturated heterocycles. The molecule has 39 heavy (non-hydrogen) atoms. The maximum atomic E-state index is 14.3. The average Bonchev–Trinajstić information content (AvgIpc) is 3.52. The van der Waals surface area contributed by atoms with Gasteiger partial charge in [0.1, 0.15) is 6.04 Å². The molecular formula is C31H43N3O4S. The Morgan fingerprint density at radius 2 is 1.82 bits per heavy atom. The quantitative estimate of drug-likeness (QED) is 0.281. The van der Waals surface area contributed by atoms with E-state index in [-0.39, 0.29) is 42.0 Å². The lowest BCUT2D eigenvalue weighted by atomic mass is 9.65. The Balaban J connectivity index is 1.69. The third-order valence-electron chi connectivity index (χ3n) is 8.68. The van der Waals surface area contributed by atoms with Gasteiger partial charge in [0.25, 0.3) is 0 Å². The highest BCUT2D eigenvalue weighted by molar-refractivity contribution is 8.02. The molecule has 3 unspecified atom stereocenters. The smallest absolute Gasteiger partial charge is 0.247 e. The lowest BCUT2D eigenvalue weighted by Crippen LogP contribution is -2.57. The van der Waals surface area contributed by atoms with Crippen LogP contribution in [-0.2, 0) is 20.9 Å². The van der Waals surface area contributed by atoms with Crippen LogP contribution in [0.3, 0.4) is 0 Å². The van der Waals surface area contributed by atoms with Gasteiger partial charge in [-0.25, -0.2) is 0 Å². The molecular weight excluding hydrogens is 510 g/mol. The zero-order valence-electron chi connectivity index (χ0n) is 23.3. The standard InChI is InChI=1S/C31H43N3O4S/c1-5-8-12-17-32(15-6-2)30(38)27-31-22(4)20-24(39-31)25(26(31)29(37)34(27)18-19-35)28(36)33(16-7-3)21-23-13-10-9-11-14-23/h6-7,9-11,13-14,22,24-27,35H,2-3,5,8,12,15-21H2,1,4H3/t22?,24-,25+,26+,27?,31?/m1/s1. The van der Waals surface area contributed by atoms with Crippen LogP contribution in [0.2, 0.25) is 0 Å². The summed E-state index contributed by atoms with van der Waals surface area (Å²) in [5.41, 5.74) is 1.02. The van der Waals surface area contributed by atoms with Gasteiger partial charge in [0, 0.05) is 38.0 Å². The Kier molecular flexibility index (Phi) is 9.60. The first-order valence-electron chi connectivity index (χ1n) is 14.3. The number of rotatable bonds is 14. The van der Waals surface area contributed by atoms with Gasteiger partial charge in [0.2, 0.25) is 17.7 Å². The minimum absolute atomic E-state index is 0.0240. The molecule has 7 nitrogen and oxygen atoms in total. The molecule has 1 aromatic rings. The lowest BCUT2D eigenvalue weighted by molar-refractivity contribution is -0.145. The number of aliphatic hydroxyl groups excluding tert-OH is 1. The van der Waals surface area contributed by atoms with Gasteiger partial charge >= 0.3 is 0 Å². The number of thioether (sulfide) groups is 1. The Morgan fingerprint density at radius 1 is 1.13 bits per heavy atom. The first-order chi connectivity index (χ1) is 18.8. The molecule has 3 aliphatic heterocycles. The van der Waals surface area contributed by atoms with Gasteiger partial charge in [-0.15, -0.1) is 24.9 Å². The van der Waals surface area contributed by atoms with Gasteiger partial charge in [-0.2, -0.15) is 0 Å². The van der Waals surface area contributed by atoms with Crippen molar-refractivity contribution in [2.45, 2.75) is 62.1 Å². The van der Waals surface area contributed by atoms with Crippen LogP contribution in [0.5, 0.6) is 0 Å². The lowest BCUT2D eigenvalue weighted by Gasteiger charge is -2.41. The van der Waals surface area contributed by atoms with Gasteiger partial charge in [-0.1, -0.05) is 69.2 Å². The summed E-state index contributed by atoms with van der Waals surface area (Å²) in [4.78, 5) is 47.8. The number of carbonyl (C=O) groups excluding carboxylic acids is 3. The van der Waals surface area contributed by atoms with Crippen LogP contribution in [0.25, 0.3) is 0 Å². The first kappa shape index (κ1) is 29.4. The number of β-amino-alcohol motifs (C(OH)–C–C–N with tert-alkyl or cyclic N) is 1. The molecule has 1 N–H and O–H groups in total. The van der Waals surface area contributed by atoms with Crippen molar-refractivity contribution in [3.8, 4) is 0 Å². The normalized spacial score (nSPS) is 28.8. The summed E-state index contributed by atoms with van der Waals surface area (Å²) < 4.78 is -0.689. The molecule has 3 amide bonds. The minimum Gasteiger partial charge on any atom is -0.395 e. The van der Waals surface area contributed by atoms with E-state index in [2.05, 4.69) is 27.0 Å². The van der Waals surface area contributed by atoms with Crippen LogP contribution in [0.4, 0.5) is 0 Å². The molecule has 6 atom stereocenters. The second-order valence-electron chi connectivity index (χ2n) is 11.1. The van der Waals surface area contributed by atoms with Crippen LogP contribution in [0.1, 0.15) is 45.1 Å². The fourth-order valence-electron chi connectivity index (χ4n) is 7.00. The highest BCUT2D eigenvalue weighted by Crippen LogP contribution is 2.68. The van der Waals surface area contributed by atoms with E-state index < -0.39 is 22.6 Å². The molecule has 0 radical (unpaired) electrons. The molecule has 2 bridgehead atoms. The second-order valence-corrected chi connectivity index (χ2v) is 12.6. The number of amides is 3. The number of hydrogen-bond acceptors (Lipinski definition) is 5. The van der Waals surface area contributed by atoms with E-state index in [0.29, 0.717) is 26.2 Å². The van der Waals surface area contributed by atoms with Crippen LogP contribution in [0, 0.1) is 17.8 Å². The van der Waals surface area contributed by atoms with E-state index in [0.717, 1.165) is 31.2 Å². The topological polar surface area (TPSA) is 81.2 Å². The van der Waals surface area contributed by atoms with Crippen molar-refractivity contribution in [1.29, 1.82) is 0 Å². The fourth-order valence-corrected chi connectivity index (χ4v) is 9.41. The molecule has 3 fully saturated rings. The molecule has 4 rings (SSSR count). The van der Waals surface area contributed by atoms with E-state index in [1.54, 1.807) is 33.7 Å². The predicted molar refractivity (Wildman–Crippen MR) is 156 cm³/mol. The summed E-state index contributed by atoms with van der Waals surface area (Å²) in [6, 6.07) is 9.14. The van der Waals surface area contributed by atoms with Gasteiger partial charge in [-0.05, 0) is 24.3 Å². The minimum atomic E-state index is -0.700. The van der Waals surface area contributed by atoms with Crippen molar-refractivity contribution in [2.24, 2.45) is 17.8 Å². The molecule has 3 aliphatic rings. The maximum Gasteiger partial charge on any atom is 0.247 e. The number of likely N-dealkylation sites (tertiary alicyclic amines) is 1. The van der Waals surface area contributed by atoms with Gasteiger partial charge in [-0.3, -0.25) is 14.4 Å². The molecule has 1 aromatic carbocycles. The number of hydrogen-bond donors (Lipinski definition) is 1.